The van der Waals surface area contributed by atoms with E-state index >= 15 is 0 Å². The molecule has 0 amide bonds. The number of hydrogen-bond donors (Lipinski definition) is 1. The van der Waals surface area contributed by atoms with Gasteiger partial charge in [0.05, 0.1) is 20.8 Å². The Kier molecular flexibility index (Phi) is 3.82. The molecule has 6 heteroatoms. The molecule has 3 rings (SSSR count). The molecular weight excluding hydrogens is 300 g/mol. The van der Waals surface area contributed by atoms with Crippen LogP contribution in [-0.4, -0.2) is 37.5 Å². The van der Waals surface area contributed by atoms with Crippen LogP contribution in [0.5, 0.6) is 17.2 Å². The van der Waals surface area contributed by atoms with Gasteiger partial charge in [-0.05, 0) is 24.1 Å². The van der Waals surface area contributed by atoms with Crippen molar-refractivity contribution >= 4 is 11.6 Å². The minimum atomic E-state index is -0.526. The summed E-state index contributed by atoms with van der Waals surface area (Å²) in [4.78, 5) is 23.6. The fourth-order valence-electron chi connectivity index (χ4n) is 2.88. The Morgan fingerprint density at radius 1 is 1.17 bits per heavy atom. The Balaban J connectivity index is 1.92. The Morgan fingerprint density at radius 2 is 1.96 bits per heavy atom. The molecule has 0 fully saturated rings. The number of allylic oxidation sites excluding steroid dienone is 3. The first kappa shape index (κ1) is 15.1. The quantitative estimate of drug-likeness (QED) is 0.856. The number of Topliss-reactive ketones (excluding diaryl/α,β-unsaturated/α-hetero) is 1. The molecule has 6 nitrogen and oxygen atoms in total. The largest absolute Gasteiger partial charge is 0.504 e. The number of methoxy groups -OCH3 is 2. The summed E-state index contributed by atoms with van der Waals surface area (Å²) >= 11 is 0. The number of rotatable bonds is 3. The number of aliphatic hydroxyl groups is 1. The molecule has 1 atom stereocenters. The predicted octanol–water partition coefficient (Wildman–Crippen LogP) is 1.77. The summed E-state index contributed by atoms with van der Waals surface area (Å²) in [6.07, 6.45) is 2.70. The monoisotopic (exact) mass is 316 g/mol. The van der Waals surface area contributed by atoms with Gasteiger partial charge in [-0.25, -0.2) is 0 Å². The normalized spacial score (nSPS) is 20.2. The van der Waals surface area contributed by atoms with Crippen LogP contribution in [0.15, 0.2) is 35.6 Å². The van der Waals surface area contributed by atoms with Crippen molar-refractivity contribution in [3.05, 3.63) is 41.2 Å². The van der Waals surface area contributed by atoms with Crippen LogP contribution in [0.4, 0.5) is 0 Å². The van der Waals surface area contributed by atoms with Gasteiger partial charge in [0, 0.05) is 17.6 Å². The zero-order chi connectivity index (χ0) is 16.6. The van der Waals surface area contributed by atoms with E-state index < -0.39 is 17.3 Å². The van der Waals surface area contributed by atoms with Crippen molar-refractivity contribution in [2.45, 2.75) is 6.42 Å². The smallest absolute Gasteiger partial charge is 0.223 e. The Morgan fingerprint density at radius 3 is 2.65 bits per heavy atom. The van der Waals surface area contributed by atoms with E-state index in [9.17, 15) is 14.7 Å². The van der Waals surface area contributed by atoms with Crippen molar-refractivity contribution in [2.75, 3.05) is 20.8 Å². The molecular formula is C17H16O6. The molecule has 0 bridgehead atoms. The van der Waals surface area contributed by atoms with Gasteiger partial charge in [0.15, 0.2) is 23.0 Å². The molecule has 1 aliphatic heterocycles. The van der Waals surface area contributed by atoms with Gasteiger partial charge in [0.1, 0.15) is 0 Å². The summed E-state index contributed by atoms with van der Waals surface area (Å²) in [7, 11) is 3.07. The molecule has 0 unspecified atom stereocenters. The predicted molar refractivity (Wildman–Crippen MR) is 81.0 cm³/mol. The molecule has 1 aromatic carbocycles. The second kappa shape index (κ2) is 5.79. The van der Waals surface area contributed by atoms with E-state index in [4.69, 9.17) is 14.2 Å². The summed E-state index contributed by atoms with van der Waals surface area (Å²) in [5.41, 5.74) is 1.13. The maximum absolute atomic E-state index is 12.1. The third-order valence-electron chi connectivity index (χ3n) is 3.99. The van der Waals surface area contributed by atoms with E-state index in [-0.39, 0.29) is 18.1 Å². The standard InChI is InChI=1S/C17H16O6/c1-21-14-4-3-9-5-10(8-23-16(9)17(14)22-2)12-6-11(18)7-13(19)15(12)20/h3-4,6-7,10,19H,5,8H2,1-2H3/t10-/m0/s1. The molecule has 2 aliphatic rings. The van der Waals surface area contributed by atoms with Crippen LogP contribution >= 0.6 is 0 Å². The Labute approximate surface area is 133 Å². The average Bonchev–Trinajstić information content (AvgIpc) is 2.56. The van der Waals surface area contributed by atoms with Gasteiger partial charge in [0.2, 0.25) is 11.5 Å². The van der Waals surface area contributed by atoms with E-state index in [0.717, 1.165) is 11.6 Å². The molecule has 0 saturated carbocycles. The van der Waals surface area contributed by atoms with Crippen molar-refractivity contribution in [3.8, 4) is 17.2 Å². The van der Waals surface area contributed by atoms with Crippen LogP contribution in [0, 0.1) is 5.92 Å². The molecule has 1 aliphatic carbocycles. The van der Waals surface area contributed by atoms with Gasteiger partial charge in [-0.15, -0.1) is 0 Å². The Hall–Kier alpha value is -2.76. The number of benzene rings is 1. The SMILES string of the molecule is COc1ccc2c(c1OC)OC[C@@H](C1=CC(=O)C=C(O)C1=O)C2. The van der Waals surface area contributed by atoms with E-state index in [1.807, 2.05) is 6.07 Å². The van der Waals surface area contributed by atoms with Crippen LogP contribution in [0.1, 0.15) is 5.56 Å². The van der Waals surface area contributed by atoms with Gasteiger partial charge in [-0.1, -0.05) is 6.07 Å². The minimum Gasteiger partial charge on any atom is -0.504 e. The van der Waals surface area contributed by atoms with Crippen molar-refractivity contribution in [1.82, 2.24) is 0 Å². The van der Waals surface area contributed by atoms with E-state index in [0.29, 0.717) is 23.7 Å². The Bertz CT molecular complexity index is 744. The van der Waals surface area contributed by atoms with Crippen molar-refractivity contribution < 1.29 is 28.9 Å². The second-order valence-corrected chi connectivity index (χ2v) is 5.36. The lowest BCUT2D eigenvalue weighted by Gasteiger charge is -2.28. The maximum atomic E-state index is 12.1. The highest BCUT2D eigenvalue weighted by atomic mass is 16.5. The lowest BCUT2D eigenvalue weighted by atomic mass is 9.84. The van der Waals surface area contributed by atoms with E-state index in [2.05, 4.69) is 0 Å². The summed E-state index contributed by atoms with van der Waals surface area (Å²) in [5.74, 6) is -0.0893. The van der Waals surface area contributed by atoms with Gasteiger partial charge < -0.3 is 19.3 Å². The van der Waals surface area contributed by atoms with Crippen LogP contribution in [0.25, 0.3) is 0 Å². The number of carbonyl (C=O) groups is 2. The molecule has 0 radical (unpaired) electrons. The number of ether oxygens (including phenoxy) is 3. The molecule has 1 heterocycles. The summed E-state index contributed by atoms with van der Waals surface area (Å²) < 4.78 is 16.3. The first-order chi connectivity index (χ1) is 11.0. The lowest BCUT2D eigenvalue weighted by Crippen LogP contribution is -2.29. The highest BCUT2D eigenvalue weighted by Gasteiger charge is 2.33. The fraction of sp³-hybridized carbons (Fsp3) is 0.294. The number of fused-ring (bicyclic) bond motifs is 1. The third kappa shape index (κ3) is 2.56. The summed E-state index contributed by atoms with van der Waals surface area (Å²) in [6.45, 7) is 0.217. The number of aliphatic hydroxyl groups excluding tert-OH is 1. The zero-order valence-electron chi connectivity index (χ0n) is 12.8. The molecule has 0 spiro atoms. The molecule has 0 aromatic heterocycles. The summed E-state index contributed by atoms with van der Waals surface area (Å²) in [6, 6.07) is 3.61. The van der Waals surface area contributed by atoms with Gasteiger partial charge >= 0.3 is 0 Å². The first-order valence-corrected chi connectivity index (χ1v) is 7.12. The van der Waals surface area contributed by atoms with Crippen molar-refractivity contribution in [3.63, 3.8) is 0 Å². The first-order valence-electron chi connectivity index (χ1n) is 7.12. The van der Waals surface area contributed by atoms with Crippen LogP contribution in [0.2, 0.25) is 0 Å². The molecule has 0 saturated heterocycles. The number of hydrogen-bond acceptors (Lipinski definition) is 6. The van der Waals surface area contributed by atoms with Crippen LogP contribution in [-0.2, 0) is 16.0 Å². The summed E-state index contributed by atoms with van der Waals surface area (Å²) in [5, 5.41) is 9.57. The zero-order valence-corrected chi connectivity index (χ0v) is 12.8. The highest BCUT2D eigenvalue weighted by Crippen LogP contribution is 2.44. The van der Waals surface area contributed by atoms with Gasteiger partial charge in [0.25, 0.3) is 0 Å². The third-order valence-corrected chi connectivity index (χ3v) is 3.99. The molecule has 1 N–H and O–H groups in total. The number of carbonyl (C=O) groups excluding carboxylic acids is 2. The van der Waals surface area contributed by atoms with Crippen molar-refractivity contribution in [2.24, 2.45) is 5.92 Å². The highest BCUT2D eigenvalue weighted by molar-refractivity contribution is 6.19. The van der Waals surface area contributed by atoms with Gasteiger partial charge in [-0.2, -0.15) is 0 Å². The topological polar surface area (TPSA) is 82.1 Å². The van der Waals surface area contributed by atoms with Crippen molar-refractivity contribution in [1.29, 1.82) is 0 Å². The van der Waals surface area contributed by atoms with Crippen LogP contribution < -0.4 is 14.2 Å². The number of ketones is 2. The molecule has 120 valence electrons. The second-order valence-electron chi connectivity index (χ2n) is 5.36. The van der Waals surface area contributed by atoms with Crippen LogP contribution in [0.3, 0.4) is 0 Å². The van der Waals surface area contributed by atoms with E-state index in [1.54, 1.807) is 13.2 Å². The lowest BCUT2D eigenvalue weighted by molar-refractivity contribution is -0.117. The molecule has 23 heavy (non-hydrogen) atoms. The minimum absolute atomic E-state index is 0.217. The fourth-order valence-corrected chi connectivity index (χ4v) is 2.88. The average molecular weight is 316 g/mol. The maximum Gasteiger partial charge on any atom is 0.223 e. The van der Waals surface area contributed by atoms with Gasteiger partial charge in [-0.3, -0.25) is 9.59 Å². The van der Waals surface area contributed by atoms with E-state index in [1.165, 1.54) is 13.2 Å². The molecule has 1 aromatic rings.